The Morgan fingerprint density at radius 3 is 3.18 bits per heavy atom. The average Bonchev–Trinajstić information content (AvgIpc) is 2.38. The molecule has 0 aliphatic heterocycles. The largest absolute Gasteiger partial charge is 0.378 e. The number of methoxy groups -OCH3 is 1. The zero-order valence-corrected chi connectivity index (χ0v) is 7.52. The molecule has 3 heteroatoms. The Hall–Kier alpha value is -0.670. The summed E-state index contributed by atoms with van der Waals surface area (Å²) < 4.78 is 4.94. The number of allylic oxidation sites excluding steroid dienone is 1. The molecule has 0 radical (unpaired) electrons. The maximum atomic E-state index is 4.94. The molecule has 0 unspecified atom stereocenters. The molecule has 1 aromatic rings. The number of aromatic nitrogens is 1. The fourth-order valence-corrected chi connectivity index (χ4v) is 1.49. The van der Waals surface area contributed by atoms with Crippen molar-refractivity contribution in [1.82, 2.24) is 4.98 Å². The molecule has 0 aliphatic rings. The predicted molar refractivity (Wildman–Crippen MR) is 47.5 cm³/mol. The summed E-state index contributed by atoms with van der Waals surface area (Å²) in [5.74, 6) is 0. The molecule has 2 nitrogen and oxygen atoms in total. The van der Waals surface area contributed by atoms with Crippen LogP contribution in [0.1, 0.15) is 17.6 Å². The minimum Gasteiger partial charge on any atom is -0.378 e. The maximum Gasteiger partial charge on any atom is 0.119 e. The molecule has 1 rings (SSSR count). The fourth-order valence-electron chi connectivity index (χ4n) is 0.762. The molecule has 0 atom stereocenters. The van der Waals surface area contributed by atoms with Gasteiger partial charge in [-0.05, 0) is 13.0 Å². The summed E-state index contributed by atoms with van der Waals surface area (Å²) in [6.07, 6.45) is 3.96. The zero-order chi connectivity index (χ0) is 8.10. The van der Waals surface area contributed by atoms with Gasteiger partial charge in [0.1, 0.15) is 5.01 Å². The minimum atomic E-state index is 0.613. The van der Waals surface area contributed by atoms with Gasteiger partial charge in [0.25, 0.3) is 0 Å². The van der Waals surface area contributed by atoms with Crippen LogP contribution in [0.5, 0.6) is 0 Å². The molecule has 0 amide bonds. The SMILES string of the molecule is CC=Cc1csc(COC)n1. The lowest BCUT2D eigenvalue weighted by atomic mass is 10.4. The second kappa shape index (κ2) is 4.26. The molecule has 11 heavy (non-hydrogen) atoms. The van der Waals surface area contributed by atoms with Crippen molar-refractivity contribution in [3.8, 4) is 0 Å². The second-order valence-electron chi connectivity index (χ2n) is 2.10. The molecule has 0 spiro atoms. The van der Waals surface area contributed by atoms with E-state index >= 15 is 0 Å². The van der Waals surface area contributed by atoms with Crippen LogP contribution in [-0.4, -0.2) is 12.1 Å². The van der Waals surface area contributed by atoms with Crippen molar-refractivity contribution >= 4 is 17.4 Å². The van der Waals surface area contributed by atoms with E-state index in [0.29, 0.717) is 6.61 Å². The normalized spacial score (nSPS) is 11.1. The predicted octanol–water partition coefficient (Wildman–Crippen LogP) is 2.32. The Morgan fingerprint density at radius 1 is 1.73 bits per heavy atom. The van der Waals surface area contributed by atoms with Crippen LogP contribution in [0.4, 0.5) is 0 Å². The van der Waals surface area contributed by atoms with E-state index in [1.54, 1.807) is 18.4 Å². The van der Waals surface area contributed by atoms with E-state index in [2.05, 4.69) is 4.98 Å². The Balaban J connectivity index is 2.65. The van der Waals surface area contributed by atoms with Crippen molar-refractivity contribution in [2.24, 2.45) is 0 Å². The third-order valence-corrected chi connectivity index (χ3v) is 2.02. The average molecular weight is 169 g/mol. The van der Waals surface area contributed by atoms with E-state index < -0.39 is 0 Å². The molecule has 60 valence electrons. The first-order chi connectivity index (χ1) is 5.36. The van der Waals surface area contributed by atoms with Gasteiger partial charge in [0.15, 0.2) is 0 Å². The third kappa shape index (κ3) is 2.44. The number of hydrogen-bond acceptors (Lipinski definition) is 3. The first-order valence-electron chi connectivity index (χ1n) is 3.43. The summed E-state index contributed by atoms with van der Waals surface area (Å²) in [5.41, 5.74) is 1.02. The monoisotopic (exact) mass is 169 g/mol. The van der Waals surface area contributed by atoms with E-state index in [-0.39, 0.29) is 0 Å². The lowest BCUT2D eigenvalue weighted by Gasteiger charge is -1.88. The van der Waals surface area contributed by atoms with Crippen molar-refractivity contribution in [2.75, 3.05) is 7.11 Å². The van der Waals surface area contributed by atoms with Crippen LogP contribution < -0.4 is 0 Å². The van der Waals surface area contributed by atoms with Gasteiger partial charge in [0.05, 0.1) is 12.3 Å². The Morgan fingerprint density at radius 2 is 2.55 bits per heavy atom. The number of nitrogens with zero attached hydrogens (tertiary/aromatic N) is 1. The van der Waals surface area contributed by atoms with E-state index in [0.717, 1.165) is 10.7 Å². The van der Waals surface area contributed by atoms with Gasteiger partial charge < -0.3 is 4.74 Å². The van der Waals surface area contributed by atoms with Crippen LogP contribution in [0.25, 0.3) is 6.08 Å². The van der Waals surface area contributed by atoms with E-state index in [9.17, 15) is 0 Å². The quantitative estimate of drug-likeness (QED) is 0.692. The van der Waals surface area contributed by atoms with Crippen LogP contribution in [0.2, 0.25) is 0 Å². The topological polar surface area (TPSA) is 22.1 Å². The second-order valence-corrected chi connectivity index (χ2v) is 3.04. The molecule has 0 saturated carbocycles. The van der Waals surface area contributed by atoms with Gasteiger partial charge in [-0.3, -0.25) is 0 Å². The summed E-state index contributed by atoms with van der Waals surface area (Å²) in [6.45, 7) is 2.59. The summed E-state index contributed by atoms with van der Waals surface area (Å²) in [6, 6.07) is 0. The highest BCUT2D eigenvalue weighted by atomic mass is 32.1. The van der Waals surface area contributed by atoms with Crippen LogP contribution in [-0.2, 0) is 11.3 Å². The van der Waals surface area contributed by atoms with Crippen molar-refractivity contribution in [3.63, 3.8) is 0 Å². The highest BCUT2D eigenvalue weighted by Crippen LogP contribution is 2.11. The Kier molecular flexibility index (Phi) is 3.26. The summed E-state index contributed by atoms with van der Waals surface area (Å²) in [5, 5.41) is 3.05. The molecule has 1 heterocycles. The lowest BCUT2D eigenvalue weighted by Crippen LogP contribution is -1.84. The Labute approximate surface area is 70.5 Å². The minimum absolute atomic E-state index is 0.613. The molecule has 1 aromatic heterocycles. The molecule has 0 saturated heterocycles. The maximum absolute atomic E-state index is 4.94. The van der Waals surface area contributed by atoms with E-state index in [1.807, 2.05) is 24.5 Å². The summed E-state index contributed by atoms with van der Waals surface area (Å²) in [7, 11) is 1.68. The van der Waals surface area contributed by atoms with Crippen LogP contribution in [0.3, 0.4) is 0 Å². The molecular formula is C8H11NOS. The third-order valence-electron chi connectivity index (χ3n) is 1.17. The van der Waals surface area contributed by atoms with E-state index in [4.69, 9.17) is 4.74 Å². The number of rotatable bonds is 3. The molecule has 0 fully saturated rings. The van der Waals surface area contributed by atoms with Crippen LogP contribution in [0, 0.1) is 0 Å². The molecule has 0 bridgehead atoms. The fraction of sp³-hybridized carbons (Fsp3) is 0.375. The lowest BCUT2D eigenvalue weighted by molar-refractivity contribution is 0.184. The first kappa shape index (κ1) is 8.43. The molecular weight excluding hydrogens is 158 g/mol. The van der Waals surface area contributed by atoms with Crippen molar-refractivity contribution in [3.05, 3.63) is 22.2 Å². The first-order valence-corrected chi connectivity index (χ1v) is 4.31. The number of hydrogen-bond donors (Lipinski definition) is 0. The summed E-state index contributed by atoms with van der Waals surface area (Å²) in [4.78, 5) is 4.30. The van der Waals surface area contributed by atoms with Gasteiger partial charge in [0.2, 0.25) is 0 Å². The number of ether oxygens (including phenoxy) is 1. The van der Waals surface area contributed by atoms with Crippen LogP contribution >= 0.6 is 11.3 Å². The van der Waals surface area contributed by atoms with Crippen molar-refractivity contribution in [1.29, 1.82) is 0 Å². The van der Waals surface area contributed by atoms with Gasteiger partial charge in [-0.1, -0.05) is 6.08 Å². The van der Waals surface area contributed by atoms with Gasteiger partial charge in [-0.15, -0.1) is 11.3 Å². The molecule has 0 aromatic carbocycles. The highest BCUT2D eigenvalue weighted by molar-refractivity contribution is 7.09. The van der Waals surface area contributed by atoms with Gasteiger partial charge in [-0.2, -0.15) is 0 Å². The zero-order valence-electron chi connectivity index (χ0n) is 6.70. The summed E-state index contributed by atoms with van der Waals surface area (Å²) >= 11 is 1.63. The van der Waals surface area contributed by atoms with Crippen molar-refractivity contribution in [2.45, 2.75) is 13.5 Å². The Bertz CT molecular complexity index is 242. The van der Waals surface area contributed by atoms with Gasteiger partial charge in [-0.25, -0.2) is 4.98 Å². The molecule has 0 aliphatic carbocycles. The van der Waals surface area contributed by atoms with Gasteiger partial charge >= 0.3 is 0 Å². The van der Waals surface area contributed by atoms with Crippen molar-refractivity contribution < 1.29 is 4.74 Å². The van der Waals surface area contributed by atoms with Gasteiger partial charge in [0, 0.05) is 12.5 Å². The smallest absolute Gasteiger partial charge is 0.119 e. The number of thiazole rings is 1. The highest BCUT2D eigenvalue weighted by Gasteiger charge is 1.96. The van der Waals surface area contributed by atoms with E-state index in [1.165, 1.54) is 0 Å². The molecule has 0 N–H and O–H groups in total. The standard InChI is InChI=1S/C8H11NOS/c1-3-4-7-6-11-8(9-7)5-10-2/h3-4,6H,5H2,1-2H3. The van der Waals surface area contributed by atoms with Crippen LogP contribution in [0.15, 0.2) is 11.5 Å².